The molecule has 1 aliphatic rings. The Morgan fingerprint density at radius 1 is 1.57 bits per heavy atom. The Balaban J connectivity index is 2.44. The lowest BCUT2D eigenvalue weighted by Gasteiger charge is -2.08. The van der Waals surface area contributed by atoms with Crippen LogP contribution in [-0.4, -0.2) is 23.1 Å². The molecule has 0 radical (unpaired) electrons. The van der Waals surface area contributed by atoms with Crippen molar-refractivity contribution >= 4 is 23.7 Å². The van der Waals surface area contributed by atoms with E-state index in [0.29, 0.717) is 5.15 Å². The first-order chi connectivity index (χ1) is 6.66. The van der Waals surface area contributed by atoms with Crippen LogP contribution in [0.3, 0.4) is 0 Å². The minimum absolute atomic E-state index is 0.252. The first-order valence-corrected chi connectivity index (χ1v) is 5.02. The molecule has 0 saturated heterocycles. The predicted octanol–water partition coefficient (Wildman–Crippen LogP) is 2.45. The van der Waals surface area contributed by atoms with Gasteiger partial charge in [0.1, 0.15) is 5.15 Å². The van der Waals surface area contributed by atoms with Crippen molar-refractivity contribution in [1.82, 2.24) is 4.98 Å². The van der Waals surface area contributed by atoms with E-state index in [1.165, 1.54) is 0 Å². The van der Waals surface area contributed by atoms with Crippen molar-refractivity contribution < 1.29 is 0 Å². The lowest BCUT2D eigenvalue weighted by molar-refractivity contribution is 0.833. The van der Waals surface area contributed by atoms with Crippen molar-refractivity contribution in [2.75, 3.05) is 0 Å². The molecular weight excluding hydrogens is 198 g/mol. The standard InChI is InChI=1S/C10H12ClN3/c1-6(2)13-10-7-5-9(11)14-8(7)3-4-12-10/h4-6,14H,3H2,1-2H3. The number of hydrogen-bond donors (Lipinski definition) is 1. The van der Waals surface area contributed by atoms with Crippen molar-refractivity contribution in [1.29, 1.82) is 0 Å². The highest BCUT2D eigenvalue weighted by atomic mass is 35.5. The topological polar surface area (TPSA) is 40.5 Å². The second-order valence-electron chi connectivity index (χ2n) is 3.57. The van der Waals surface area contributed by atoms with Crippen LogP contribution in [0, 0.1) is 0 Å². The average Bonchev–Trinajstić information content (AvgIpc) is 2.45. The van der Waals surface area contributed by atoms with Gasteiger partial charge in [-0.1, -0.05) is 11.6 Å². The summed E-state index contributed by atoms with van der Waals surface area (Å²) in [4.78, 5) is 11.8. The van der Waals surface area contributed by atoms with Gasteiger partial charge in [0.25, 0.3) is 0 Å². The molecule has 2 rings (SSSR count). The number of nitrogens with zero attached hydrogens (tertiary/aromatic N) is 2. The van der Waals surface area contributed by atoms with Crippen LogP contribution < -0.4 is 0 Å². The van der Waals surface area contributed by atoms with E-state index in [1.807, 2.05) is 26.1 Å². The van der Waals surface area contributed by atoms with Gasteiger partial charge in [0.2, 0.25) is 0 Å². The van der Waals surface area contributed by atoms with Gasteiger partial charge in [-0.05, 0) is 19.9 Å². The van der Waals surface area contributed by atoms with Crippen LogP contribution >= 0.6 is 11.6 Å². The SMILES string of the molecule is CC(C)N=C1N=CCc2[nH]c(Cl)cc21. The summed E-state index contributed by atoms with van der Waals surface area (Å²) in [6, 6.07) is 2.14. The van der Waals surface area contributed by atoms with Crippen LogP contribution in [0.25, 0.3) is 0 Å². The molecule has 0 saturated carbocycles. The second-order valence-corrected chi connectivity index (χ2v) is 3.98. The maximum atomic E-state index is 5.89. The zero-order valence-corrected chi connectivity index (χ0v) is 8.97. The van der Waals surface area contributed by atoms with Crippen molar-refractivity contribution in [3.05, 3.63) is 22.5 Å². The van der Waals surface area contributed by atoms with Gasteiger partial charge in [-0.2, -0.15) is 0 Å². The molecule has 0 spiro atoms. The summed E-state index contributed by atoms with van der Waals surface area (Å²) in [6.07, 6.45) is 2.66. The van der Waals surface area contributed by atoms with Gasteiger partial charge in [-0.3, -0.25) is 4.99 Å². The third-order valence-corrected chi connectivity index (χ3v) is 2.20. The molecule has 0 aromatic carbocycles. The smallest absolute Gasteiger partial charge is 0.156 e. The van der Waals surface area contributed by atoms with Crippen molar-refractivity contribution in [2.45, 2.75) is 26.3 Å². The van der Waals surface area contributed by atoms with Crippen LogP contribution in [0.4, 0.5) is 0 Å². The number of hydrogen-bond acceptors (Lipinski definition) is 1. The fourth-order valence-corrected chi connectivity index (χ4v) is 1.69. The summed E-state index contributed by atoms with van der Waals surface area (Å²) >= 11 is 5.89. The van der Waals surface area contributed by atoms with Crippen LogP contribution in [0.5, 0.6) is 0 Å². The second kappa shape index (κ2) is 3.58. The molecule has 2 heterocycles. The molecule has 0 amide bonds. The maximum Gasteiger partial charge on any atom is 0.156 e. The van der Waals surface area contributed by atoms with E-state index in [2.05, 4.69) is 15.0 Å². The lowest BCUT2D eigenvalue weighted by atomic mass is 10.1. The Kier molecular flexibility index (Phi) is 2.42. The normalized spacial score (nSPS) is 17.9. The Morgan fingerprint density at radius 2 is 2.36 bits per heavy atom. The number of aromatic amines is 1. The number of nitrogens with one attached hydrogen (secondary N) is 1. The molecule has 0 aliphatic carbocycles. The molecule has 1 N–H and O–H groups in total. The molecule has 1 aliphatic heterocycles. The fraction of sp³-hybridized carbons (Fsp3) is 0.400. The van der Waals surface area contributed by atoms with Crippen LogP contribution in [-0.2, 0) is 6.42 Å². The van der Waals surface area contributed by atoms with Crippen molar-refractivity contribution in [3.63, 3.8) is 0 Å². The van der Waals surface area contributed by atoms with E-state index in [1.54, 1.807) is 0 Å². The van der Waals surface area contributed by atoms with Gasteiger partial charge in [0.15, 0.2) is 5.84 Å². The molecule has 4 heteroatoms. The summed E-state index contributed by atoms with van der Waals surface area (Å²) in [5.41, 5.74) is 2.13. The molecule has 0 fully saturated rings. The number of halogens is 1. The number of aliphatic imine (C=N–C) groups is 2. The molecule has 74 valence electrons. The Bertz CT molecular complexity index is 401. The van der Waals surface area contributed by atoms with Gasteiger partial charge >= 0.3 is 0 Å². The van der Waals surface area contributed by atoms with Gasteiger partial charge < -0.3 is 4.98 Å². The molecule has 0 bridgehead atoms. The first kappa shape index (κ1) is 9.46. The molecule has 1 aromatic rings. The number of aromatic nitrogens is 1. The van der Waals surface area contributed by atoms with Gasteiger partial charge in [0, 0.05) is 29.9 Å². The van der Waals surface area contributed by atoms with E-state index >= 15 is 0 Å². The Morgan fingerprint density at radius 3 is 3.07 bits per heavy atom. The number of H-pyrrole nitrogens is 1. The highest BCUT2D eigenvalue weighted by Crippen LogP contribution is 2.20. The molecular formula is C10H12ClN3. The summed E-state index contributed by atoms with van der Waals surface area (Å²) in [6.45, 7) is 4.07. The third kappa shape index (κ3) is 1.73. The summed E-state index contributed by atoms with van der Waals surface area (Å²) in [5, 5.41) is 0.650. The van der Waals surface area contributed by atoms with E-state index in [4.69, 9.17) is 11.6 Å². The summed E-state index contributed by atoms with van der Waals surface area (Å²) < 4.78 is 0. The Hall–Kier alpha value is -1.09. The fourth-order valence-electron chi connectivity index (χ4n) is 1.46. The zero-order chi connectivity index (χ0) is 10.1. The molecule has 1 aromatic heterocycles. The zero-order valence-electron chi connectivity index (χ0n) is 8.21. The van der Waals surface area contributed by atoms with Crippen molar-refractivity contribution in [3.8, 4) is 0 Å². The minimum Gasteiger partial charge on any atom is -0.349 e. The summed E-state index contributed by atoms with van der Waals surface area (Å²) in [7, 11) is 0. The van der Waals surface area contributed by atoms with Crippen molar-refractivity contribution in [2.24, 2.45) is 9.98 Å². The van der Waals surface area contributed by atoms with Crippen LogP contribution in [0.15, 0.2) is 16.1 Å². The van der Waals surface area contributed by atoms with Gasteiger partial charge in [-0.15, -0.1) is 0 Å². The maximum absolute atomic E-state index is 5.89. The predicted molar refractivity (Wildman–Crippen MR) is 59.7 cm³/mol. The number of amidine groups is 1. The van der Waals surface area contributed by atoms with E-state index in [-0.39, 0.29) is 6.04 Å². The number of rotatable bonds is 1. The number of fused-ring (bicyclic) bond motifs is 1. The van der Waals surface area contributed by atoms with E-state index in [9.17, 15) is 0 Å². The van der Waals surface area contributed by atoms with Crippen LogP contribution in [0.2, 0.25) is 5.15 Å². The van der Waals surface area contributed by atoms with Gasteiger partial charge in [0.05, 0.1) is 0 Å². The van der Waals surface area contributed by atoms with E-state index < -0.39 is 0 Å². The Labute approximate surface area is 87.9 Å². The minimum atomic E-state index is 0.252. The van der Waals surface area contributed by atoms with Crippen LogP contribution in [0.1, 0.15) is 25.1 Å². The monoisotopic (exact) mass is 209 g/mol. The average molecular weight is 210 g/mol. The quantitative estimate of drug-likeness (QED) is 0.738. The molecule has 0 unspecified atom stereocenters. The highest BCUT2D eigenvalue weighted by molar-refractivity contribution is 6.30. The lowest BCUT2D eigenvalue weighted by Crippen LogP contribution is -2.10. The third-order valence-electron chi connectivity index (χ3n) is 2.00. The molecule has 14 heavy (non-hydrogen) atoms. The van der Waals surface area contributed by atoms with Gasteiger partial charge in [-0.25, -0.2) is 4.99 Å². The highest BCUT2D eigenvalue weighted by Gasteiger charge is 2.15. The molecule has 0 atom stereocenters. The molecule has 3 nitrogen and oxygen atoms in total. The first-order valence-electron chi connectivity index (χ1n) is 4.65. The van der Waals surface area contributed by atoms with E-state index in [0.717, 1.165) is 23.5 Å². The summed E-state index contributed by atoms with van der Waals surface area (Å²) in [5.74, 6) is 0.782. The largest absolute Gasteiger partial charge is 0.349 e.